The number of halogens is 1. The van der Waals surface area contributed by atoms with Crippen molar-refractivity contribution in [2.45, 2.75) is 26.2 Å². The molecule has 0 N–H and O–H groups in total. The van der Waals surface area contributed by atoms with Crippen LogP contribution < -0.4 is 4.90 Å². The number of amides is 2. The molecule has 3 heterocycles. The van der Waals surface area contributed by atoms with E-state index in [1.54, 1.807) is 24.5 Å². The average molecular weight is 384 g/mol. The van der Waals surface area contributed by atoms with Crippen molar-refractivity contribution < 1.29 is 9.59 Å². The summed E-state index contributed by atoms with van der Waals surface area (Å²) in [5.41, 5.74) is 1.96. The van der Waals surface area contributed by atoms with Gasteiger partial charge in [-0.25, -0.2) is 0 Å². The summed E-state index contributed by atoms with van der Waals surface area (Å²) in [6.45, 7) is 3.77. The molecule has 140 valence electrons. The Hall–Kier alpha value is -2.40. The second kappa shape index (κ2) is 6.97. The highest BCUT2D eigenvalue weighted by Crippen LogP contribution is 2.43. The van der Waals surface area contributed by atoms with Crippen molar-refractivity contribution in [3.8, 4) is 0 Å². The zero-order chi connectivity index (χ0) is 19.0. The van der Waals surface area contributed by atoms with Crippen molar-refractivity contribution in [3.63, 3.8) is 0 Å². The Morgan fingerprint density at radius 2 is 1.85 bits per heavy atom. The monoisotopic (exact) mass is 383 g/mol. The van der Waals surface area contributed by atoms with Crippen LogP contribution in [0.1, 0.15) is 35.2 Å². The van der Waals surface area contributed by atoms with E-state index in [0.29, 0.717) is 43.1 Å². The fourth-order valence-corrected chi connectivity index (χ4v) is 4.37. The minimum atomic E-state index is -0.351. The van der Waals surface area contributed by atoms with Gasteiger partial charge in [0.15, 0.2) is 0 Å². The predicted octanol–water partition coefficient (Wildman–Crippen LogP) is 3.70. The van der Waals surface area contributed by atoms with Crippen LogP contribution >= 0.6 is 11.6 Å². The van der Waals surface area contributed by atoms with Gasteiger partial charge < -0.3 is 9.80 Å². The quantitative estimate of drug-likeness (QED) is 0.794. The highest BCUT2D eigenvalue weighted by molar-refractivity contribution is 6.31. The standard InChI is InChI=1S/C21H22ClN3O2/c1-15-17(5-2-6-18(15)22)19(26)24-11-7-21(8-12-24)9-13-25(20(21)27)16-4-3-10-23-14-16/h2-6,10,14H,7-9,11-13H2,1H3. The maximum Gasteiger partial charge on any atom is 0.254 e. The number of likely N-dealkylation sites (tertiary alicyclic amines) is 1. The third-order valence-electron chi connectivity index (χ3n) is 5.98. The third kappa shape index (κ3) is 3.10. The van der Waals surface area contributed by atoms with Gasteiger partial charge in [0.2, 0.25) is 5.91 Å². The molecule has 2 amide bonds. The number of anilines is 1. The van der Waals surface area contributed by atoms with Crippen LogP contribution in [0.5, 0.6) is 0 Å². The third-order valence-corrected chi connectivity index (χ3v) is 6.39. The number of aromatic nitrogens is 1. The zero-order valence-corrected chi connectivity index (χ0v) is 16.1. The molecule has 2 aromatic rings. The van der Waals surface area contributed by atoms with Gasteiger partial charge in [0.25, 0.3) is 5.91 Å². The second-order valence-electron chi connectivity index (χ2n) is 7.40. The van der Waals surface area contributed by atoms with E-state index in [-0.39, 0.29) is 17.2 Å². The Balaban J connectivity index is 1.47. The van der Waals surface area contributed by atoms with Crippen LogP contribution in [0.4, 0.5) is 5.69 Å². The number of benzene rings is 1. The fraction of sp³-hybridized carbons (Fsp3) is 0.381. The van der Waals surface area contributed by atoms with E-state index in [1.807, 2.05) is 34.9 Å². The van der Waals surface area contributed by atoms with Crippen molar-refractivity contribution in [1.29, 1.82) is 0 Å². The molecule has 2 aliphatic heterocycles. The Labute approximate surface area is 163 Å². The summed E-state index contributed by atoms with van der Waals surface area (Å²) in [5, 5.41) is 0.604. The topological polar surface area (TPSA) is 53.5 Å². The van der Waals surface area contributed by atoms with E-state index in [4.69, 9.17) is 11.6 Å². The molecule has 0 aliphatic carbocycles. The lowest BCUT2D eigenvalue weighted by molar-refractivity contribution is -0.127. The van der Waals surface area contributed by atoms with Crippen LogP contribution in [0.3, 0.4) is 0 Å². The molecule has 0 bridgehead atoms. The van der Waals surface area contributed by atoms with Gasteiger partial charge in [-0.05, 0) is 56.0 Å². The van der Waals surface area contributed by atoms with Gasteiger partial charge >= 0.3 is 0 Å². The summed E-state index contributed by atoms with van der Waals surface area (Å²) in [5.74, 6) is 0.168. The molecule has 5 nitrogen and oxygen atoms in total. The van der Waals surface area contributed by atoms with E-state index in [9.17, 15) is 9.59 Å². The number of carbonyl (C=O) groups is 2. The normalized spacial score (nSPS) is 19.0. The molecule has 0 radical (unpaired) electrons. The van der Waals surface area contributed by atoms with Crippen molar-refractivity contribution in [2.24, 2.45) is 5.41 Å². The van der Waals surface area contributed by atoms with E-state index >= 15 is 0 Å². The molecule has 2 aliphatic rings. The minimum absolute atomic E-state index is 0.000545. The summed E-state index contributed by atoms with van der Waals surface area (Å²) in [4.78, 5) is 33.8. The largest absolute Gasteiger partial charge is 0.339 e. The first kappa shape index (κ1) is 18.0. The Kier molecular flexibility index (Phi) is 4.64. The molecule has 1 aromatic heterocycles. The molecule has 6 heteroatoms. The molecule has 4 rings (SSSR count). The SMILES string of the molecule is Cc1c(Cl)cccc1C(=O)N1CCC2(CC1)CCN(c1cccnc1)C2=O. The van der Waals surface area contributed by atoms with E-state index in [2.05, 4.69) is 4.98 Å². The Bertz CT molecular complexity index is 876. The number of hydrogen-bond acceptors (Lipinski definition) is 3. The number of nitrogens with zero attached hydrogens (tertiary/aromatic N) is 3. The zero-order valence-electron chi connectivity index (χ0n) is 15.3. The first-order valence-electron chi connectivity index (χ1n) is 9.28. The smallest absolute Gasteiger partial charge is 0.254 e. The molecular weight excluding hydrogens is 362 g/mol. The maximum atomic E-state index is 13.1. The molecular formula is C21H22ClN3O2. The van der Waals surface area contributed by atoms with Gasteiger partial charge in [-0.15, -0.1) is 0 Å². The number of rotatable bonds is 2. The molecule has 1 spiro atoms. The second-order valence-corrected chi connectivity index (χ2v) is 7.81. The van der Waals surface area contributed by atoms with Crippen LogP contribution in [-0.2, 0) is 4.79 Å². The van der Waals surface area contributed by atoms with Crippen molar-refractivity contribution in [1.82, 2.24) is 9.88 Å². The van der Waals surface area contributed by atoms with Crippen molar-refractivity contribution in [3.05, 3.63) is 58.9 Å². The molecule has 2 fully saturated rings. The number of carbonyl (C=O) groups excluding carboxylic acids is 2. The van der Waals surface area contributed by atoms with Crippen LogP contribution in [-0.4, -0.2) is 41.3 Å². The van der Waals surface area contributed by atoms with E-state index < -0.39 is 0 Å². The van der Waals surface area contributed by atoms with Crippen LogP contribution in [0.15, 0.2) is 42.7 Å². The van der Waals surface area contributed by atoms with E-state index in [0.717, 1.165) is 17.7 Å². The molecule has 1 aromatic carbocycles. The number of pyridine rings is 1. The van der Waals surface area contributed by atoms with Crippen LogP contribution in [0.25, 0.3) is 0 Å². The molecule has 0 saturated carbocycles. The van der Waals surface area contributed by atoms with Gasteiger partial charge in [-0.2, -0.15) is 0 Å². The highest BCUT2D eigenvalue weighted by atomic mass is 35.5. The van der Waals surface area contributed by atoms with Gasteiger partial charge in [0.05, 0.1) is 17.3 Å². The molecule has 0 atom stereocenters. The fourth-order valence-electron chi connectivity index (χ4n) is 4.19. The molecule has 0 unspecified atom stereocenters. The Morgan fingerprint density at radius 1 is 1.11 bits per heavy atom. The van der Waals surface area contributed by atoms with Crippen molar-refractivity contribution >= 4 is 29.1 Å². The minimum Gasteiger partial charge on any atom is -0.339 e. The van der Waals surface area contributed by atoms with Crippen LogP contribution in [0.2, 0.25) is 5.02 Å². The van der Waals surface area contributed by atoms with Gasteiger partial charge in [-0.3, -0.25) is 14.6 Å². The lowest BCUT2D eigenvalue weighted by atomic mass is 9.77. The van der Waals surface area contributed by atoms with Gasteiger partial charge in [0.1, 0.15) is 0 Å². The first-order chi connectivity index (χ1) is 13.0. The summed E-state index contributed by atoms with van der Waals surface area (Å²) in [6.07, 6.45) is 5.68. The first-order valence-corrected chi connectivity index (χ1v) is 9.66. The van der Waals surface area contributed by atoms with Gasteiger partial charge in [-0.1, -0.05) is 17.7 Å². The number of hydrogen-bond donors (Lipinski definition) is 0. The molecule has 27 heavy (non-hydrogen) atoms. The maximum absolute atomic E-state index is 13.1. The molecule has 2 saturated heterocycles. The van der Waals surface area contributed by atoms with E-state index in [1.165, 1.54) is 0 Å². The number of piperidine rings is 1. The predicted molar refractivity (Wildman–Crippen MR) is 105 cm³/mol. The Morgan fingerprint density at radius 3 is 2.56 bits per heavy atom. The van der Waals surface area contributed by atoms with Crippen molar-refractivity contribution in [2.75, 3.05) is 24.5 Å². The highest BCUT2D eigenvalue weighted by Gasteiger charge is 2.49. The van der Waals surface area contributed by atoms with Gasteiger partial charge in [0, 0.05) is 36.4 Å². The van der Waals surface area contributed by atoms with Crippen LogP contribution in [0, 0.1) is 12.3 Å². The average Bonchev–Trinajstić information content (AvgIpc) is 3.01. The lowest BCUT2D eigenvalue weighted by Crippen LogP contribution is -2.46. The lowest BCUT2D eigenvalue weighted by Gasteiger charge is -2.38. The summed E-state index contributed by atoms with van der Waals surface area (Å²) in [7, 11) is 0. The summed E-state index contributed by atoms with van der Waals surface area (Å²) < 4.78 is 0. The summed E-state index contributed by atoms with van der Waals surface area (Å²) in [6, 6.07) is 9.19. The summed E-state index contributed by atoms with van der Waals surface area (Å²) >= 11 is 6.16.